The minimum Gasteiger partial charge on any atom is -0.287 e. The summed E-state index contributed by atoms with van der Waals surface area (Å²) in [6.45, 7) is 0. The Balaban J connectivity index is 2.32. The molecule has 0 spiro atoms. The van der Waals surface area contributed by atoms with Crippen LogP contribution in [0.5, 0.6) is 0 Å². The van der Waals surface area contributed by atoms with Crippen molar-refractivity contribution in [3.63, 3.8) is 0 Å². The van der Waals surface area contributed by atoms with E-state index < -0.39 is 5.82 Å². The van der Waals surface area contributed by atoms with Crippen molar-refractivity contribution in [2.24, 2.45) is 0 Å². The van der Waals surface area contributed by atoms with E-state index in [2.05, 4.69) is 4.98 Å². The average Bonchev–Trinajstić information content (AvgIpc) is 2.30. The summed E-state index contributed by atoms with van der Waals surface area (Å²) >= 11 is 5.71. The lowest BCUT2D eigenvalue weighted by atomic mass is 10.1. The number of hydrogen-bond donors (Lipinski definition) is 0. The smallest absolute Gasteiger partial charge is 0.211 e. The monoisotopic (exact) mass is 235 g/mol. The number of carbonyl (C=O) groups is 1. The molecule has 0 atom stereocenters. The van der Waals surface area contributed by atoms with Crippen molar-refractivity contribution in [3.05, 3.63) is 64.7 Å². The van der Waals surface area contributed by atoms with Crippen LogP contribution < -0.4 is 0 Å². The summed E-state index contributed by atoms with van der Waals surface area (Å²) in [7, 11) is 0. The quantitative estimate of drug-likeness (QED) is 0.749. The Bertz CT molecular complexity index is 460. The van der Waals surface area contributed by atoms with E-state index in [0.29, 0.717) is 10.6 Å². The van der Waals surface area contributed by atoms with Gasteiger partial charge in [0, 0.05) is 10.6 Å². The highest BCUT2D eigenvalue weighted by molar-refractivity contribution is 6.30. The highest BCUT2D eigenvalue weighted by Crippen LogP contribution is 2.12. The van der Waals surface area contributed by atoms with Gasteiger partial charge in [-0.3, -0.25) is 4.79 Å². The Kier molecular flexibility index (Phi) is 2.97. The maximum Gasteiger partial charge on any atom is 0.211 e. The third-order valence-corrected chi connectivity index (χ3v) is 2.32. The lowest BCUT2D eigenvalue weighted by Crippen LogP contribution is -2.03. The average molecular weight is 236 g/mol. The molecule has 1 heterocycles. The molecular weight excluding hydrogens is 229 g/mol. The van der Waals surface area contributed by atoms with Crippen LogP contribution in [0.3, 0.4) is 0 Å². The summed E-state index contributed by atoms with van der Waals surface area (Å²) in [5, 5.41) is 0.559. The molecular formula is C12H7ClFNO. The standard InChI is InChI=1S/C12H7ClFNO/c13-9-3-1-8(2-4-9)12(16)11-6-5-10(14)7-15-11/h1-7H. The third-order valence-electron chi connectivity index (χ3n) is 2.07. The molecule has 80 valence electrons. The molecule has 0 aliphatic heterocycles. The number of rotatable bonds is 2. The second kappa shape index (κ2) is 4.41. The number of carbonyl (C=O) groups excluding carboxylic acids is 1. The van der Waals surface area contributed by atoms with Gasteiger partial charge in [-0.15, -0.1) is 0 Å². The van der Waals surface area contributed by atoms with Crippen molar-refractivity contribution in [3.8, 4) is 0 Å². The first-order valence-electron chi connectivity index (χ1n) is 4.58. The van der Waals surface area contributed by atoms with Gasteiger partial charge in [-0.1, -0.05) is 11.6 Å². The van der Waals surface area contributed by atoms with Crippen LogP contribution in [-0.4, -0.2) is 10.8 Å². The Morgan fingerprint density at radius 1 is 1.12 bits per heavy atom. The van der Waals surface area contributed by atoms with E-state index in [-0.39, 0.29) is 11.5 Å². The van der Waals surface area contributed by atoms with Gasteiger partial charge in [0.15, 0.2) is 0 Å². The van der Waals surface area contributed by atoms with Gasteiger partial charge in [-0.25, -0.2) is 9.37 Å². The van der Waals surface area contributed by atoms with Crippen molar-refractivity contribution in [2.75, 3.05) is 0 Å². The number of pyridine rings is 1. The van der Waals surface area contributed by atoms with Gasteiger partial charge in [0.25, 0.3) is 0 Å². The van der Waals surface area contributed by atoms with Gasteiger partial charge >= 0.3 is 0 Å². The van der Waals surface area contributed by atoms with Crippen LogP contribution in [0.15, 0.2) is 42.6 Å². The predicted octanol–water partition coefficient (Wildman–Crippen LogP) is 3.11. The fourth-order valence-corrected chi connectivity index (χ4v) is 1.39. The normalized spacial score (nSPS) is 10.1. The van der Waals surface area contributed by atoms with Gasteiger partial charge in [0.2, 0.25) is 5.78 Å². The Labute approximate surface area is 96.7 Å². The van der Waals surface area contributed by atoms with E-state index in [9.17, 15) is 9.18 Å². The molecule has 0 saturated heterocycles. The first-order valence-corrected chi connectivity index (χ1v) is 4.96. The molecule has 0 unspecified atom stereocenters. The van der Waals surface area contributed by atoms with Crippen molar-refractivity contribution < 1.29 is 9.18 Å². The van der Waals surface area contributed by atoms with Crippen LogP contribution in [0.2, 0.25) is 5.02 Å². The van der Waals surface area contributed by atoms with Crippen molar-refractivity contribution in [2.45, 2.75) is 0 Å². The van der Waals surface area contributed by atoms with Gasteiger partial charge in [0.05, 0.1) is 6.20 Å². The molecule has 4 heteroatoms. The van der Waals surface area contributed by atoms with Crippen LogP contribution in [0.25, 0.3) is 0 Å². The maximum atomic E-state index is 12.6. The van der Waals surface area contributed by atoms with Gasteiger partial charge < -0.3 is 0 Å². The fourth-order valence-electron chi connectivity index (χ4n) is 1.26. The maximum absolute atomic E-state index is 12.6. The molecule has 2 aromatic rings. The van der Waals surface area contributed by atoms with Gasteiger partial charge in [-0.2, -0.15) is 0 Å². The number of halogens is 2. The van der Waals surface area contributed by atoms with Crippen LogP contribution >= 0.6 is 11.6 Å². The first-order chi connectivity index (χ1) is 7.66. The largest absolute Gasteiger partial charge is 0.287 e. The third kappa shape index (κ3) is 2.25. The Morgan fingerprint density at radius 2 is 1.81 bits per heavy atom. The zero-order valence-electron chi connectivity index (χ0n) is 8.15. The topological polar surface area (TPSA) is 30.0 Å². The molecule has 16 heavy (non-hydrogen) atoms. The van der Waals surface area contributed by atoms with Crippen LogP contribution in [0, 0.1) is 5.82 Å². The molecule has 2 nitrogen and oxygen atoms in total. The second-order valence-electron chi connectivity index (χ2n) is 3.20. The summed E-state index contributed by atoms with van der Waals surface area (Å²) in [6, 6.07) is 9.02. The van der Waals surface area contributed by atoms with E-state index in [4.69, 9.17) is 11.6 Å². The Hall–Kier alpha value is -1.74. The van der Waals surface area contributed by atoms with E-state index in [1.807, 2.05) is 0 Å². The summed E-state index contributed by atoms with van der Waals surface area (Å²) < 4.78 is 12.6. The first kappa shape index (κ1) is 10.8. The van der Waals surface area contributed by atoms with Crippen LogP contribution in [-0.2, 0) is 0 Å². The molecule has 0 saturated carbocycles. The van der Waals surface area contributed by atoms with Crippen LogP contribution in [0.1, 0.15) is 16.1 Å². The summed E-state index contributed by atoms with van der Waals surface area (Å²) in [6.07, 6.45) is 1.02. The molecule has 0 N–H and O–H groups in total. The number of nitrogens with zero attached hydrogens (tertiary/aromatic N) is 1. The van der Waals surface area contributed by atoms with Crippen LogP contribution in [0.4, 0.5) is 4.39 Å². The predicted molar refractivity (Wildman–Crippen MR) is 59.1 cm³/mol. The fraction of sp³-hybridized carbons (Fsp3) is 0. The van der Waals surface area contributed by atoms with E-state index in [1.54, 1.807) is 24.3 Å². The van der Waals surface area contributed by atoms with Crippen molar-refractivity contribution in [1.82, 2.24) is 4.98 Å². The van der Waals surface area contributed by atoms with Gasteiger partial charge in [-0.05, 0) is 36.4 Å². The summed E-state index contributed by atoms with van der Waals surface area (Å²) in [5.74, 6) is -0.718. The molecule has 1 aromatic carbocycles. The number of hydrogen-bond acceptors (Lipinski definition) is 2. The molecule has 1 aromatic heterocycles. The molecule has 0 amide bonds. The molecule has 0 aliphatic rings. The second-order valence-corrected chi connectivity index (χ2v) is 3.63. The van der Waals surface area contributed by atoms with E-state index >= 15 is 0 Å². The van der Waals surface area contributed by atoms with E-state index in [0.717, 1.165) is 6.20 Å². The lowest BCUT2D eigenvalue weighted by molar-refractivity contribution is 0.103. The van der Waals surface area contributed by atoms with Gasteiger partial charge in [0.1, 0.15) is 11.5 Å². The minimum absolute atomic E-state index is 0.212. The van der Waals surface area contributed by atoms with E-state index in [1.165, 1.54) is 12.1 Å². The molecule has 0 bridgehead atoms. The zero-order valence-corrected chi connectivity index (χ0v) is 8.91. The Morgan fingerprint density at radius 3 is 2.38 bits per heavy atom. The highest BCUT2D eigenvalue weighted by Gasteiger charge is 2.09. The minimum atomic E-state index is -0.465. The molecule has 2 rings (SSSR count). The lowest BCUT2D eigenvalue weighted by Gasteiger charge is -2.00. The summed E-state index contributed by atoms with van der Waals surface area (Å²) in [5.41, 5.74) is 0.687. The number of aromatic nitrogens is 1. The highest BCUT2D eigenvalue weighted by atomic mass is 35.5. The summed E-state index contributed by atoms with van der Waals surface area (Å²) in [4.78, 5) is 15.6. The SMILES string of the molecule is O=C(c1ccc(Cl)cc1)c1ccc(F)cn1. The van der Waals surface area contributed by atoms with Crippen molar-refractivity contribution in [1.29, 1.82) is 0 Å². The molecule has 0 fully saturated rings. The molecule has 0 aliphatic carbocycles. The number of ketones is 1. The number of benzene rings is 1. The molecule has 0 radical (unpaired) electrons. The zero-order chi connectivity index (χ0) is 11.5. The van der Waals surface area contributed by atoms with Crippen molar-refractivity contribution >= 4 is 17.4 Å².